The van der Waals surface area contributed by atoms with E-state index in [2.05, 4.69) is 14.9 Å². The predicted molar refractivity (Wildman–Crippen MR) is 65.3 cm³/mol. The van der Waals surface area contributed by atoms with Crippen molar-refractivity contribution in [2.45, 2.75) is 4.90 Å². The number of sulfonamides is 1. The van der Waals surface area contributed by atoms with Gasteiger partial charge in [0, 0.05) is 21.1 Å². The molecule has 0 saturated heterocycles. The Morgan fingerprint density at radius 2 is 1.78 bits per heavy atom. The average Bonchev–Trinajstić information content (AvgIpc) is 2.75. The van der Waals surface area contributed by atoms with E-state index in [9.17, 15) is 8.42 Å². The fourth-order valence-corrected chi connectivity index (χ4v) is 2.53. The first-order valence-corrected chi connectivity index (χ1v) is 6.46. The van der Waals surface area contributed by atoms with Crippen LogP contribution in [0.3, 0.4) is 0 Å². The Balaban J connectivity index is 2.77. The minimum absolute atomic E-state index is 0.0364. The third-order valence-corrected chi connectivity index (χ3v) is 4.34. The standard InChI is InChI=1S/C9H13N5O3S/c1-13(2)18(15,16)7-5-4-6(14(3)10)8-9(7)12-17-11-8/h4-5H,10H2,1-3H3. The molecule has 8 nitrogen and oxygen atoms in total. The van der Waals surface area contributed by atoms with Crippen molar-refractivity contribution in [1.29, 1.82) is 0 Å². The number of rotatable bonds is 3. The first-order valence-electron chi connectivity index (χ1n) is 5.02. The maximum absolute atomic E-state index is 12.1. The number of aromatic nitrogens is 2. The molecule has 0 aliphatic carbocycles. The molecule has 0 saturated carbocycles. The molecule has 0 fully saturated rings. The zero-order valence-electron chi connectivity index (χ0n) is 10.2. The lowest BCUT2D eigenvalue weighted by Crippen LogP contribution is -2.26. The molecule has 1 aromatic carbocycles. The van der Waals surface area contributed by atoms with Crippen LogP contribution >= 0.6 is 0 Å². The van der Waals surface area contributed by atoms with Gasteiger partial charge in [0.1, 0.15) is 4.90 Å². The van der Waals surface area contributed by atoms with Gasteiger partial charge in [-0.3, -0.25) is 0 Å². The van der Waals surface area contributed by atoms with Crippen molar-refractivity contribution in [2.24, 2.45) is 5.84 Å². The molecular formula is C9H13N5O3S. The lowest BCUT2D eigenvalue weighted by Gasteiger charge is -2.14. The molecule has 0 bridgehead atoms. The average molecular weight is 271 g/mol. The molecule has 0 amide bonds. The van der Waals surface area contributed by atoms with Crippen molar-refractivity contribution in [3.8, 4) is 0 Å². The second-order valence-corrected chi connectivity index (χ2v) is 6.06. The Morgan fingerprint density at radius 3 is 2.33 bits per heavy atom. The fraction of sp³-hybridized carbons (Fsp3) is 0.333. The van der Waals surface area contributed by atoms with Crippen molar-refractivity contribution in [3.63, 3.8) is 0 Å². The molecule has 2 aromatic rings. The Hall–Kier alpha value is -1.71. The van der Waals surface area contributed by atoms with E-state index >= 15 is 0 Å². The molecular weight excluding hydrogens is 258 g/mol. The smallest absolute Gasteiger partial charge is 0.244 e. The van der Waals surface area contributed by atoms with Crippen molar-refractivity contribution in [3.05, 3.63) is 12.1 Å². The summed E-state index contributed by atoms with van der Waals surface area (Å²) in [6, 6.07) is 2.99. The van der Waals surface area contributed by atoms with Crippen LogP contribution in [0.1, 0.15) is 0 Å². The van der Waals surface area contributed by atoms with Crippen LogP contribution in [0, 0.1) is 0 Å². The summed E-state index contributed by atoms with van der Waals surface area (Å²) in [7, 11) is 0.895. The Bertz CT molecular complexity index is 677. The number of fused-ring (bicyclic) bond motifs is 1. The van der Waals surface area contributed by atoms with E-state index in [1.807, 2.05) is 0 Å². The van der Waals surface area contributed by atoms with Gasteiger partial charge in [-0.05, 0) is 22.4 Å². The third-order valence-electron chi connectivity index (χ3n) is 2.50. The van der Waals surface area contributed by atoms with Gasteiger partial charge < -0.3 is 5.01 Å². The normalized spacial score (nSPS) is 12.3. The van der Waals surface area contributed by atoms with Crippen LogP contribution < -0.4 is 10.9 Å². The van der Waals surface area contributed by atoms with Crippen LogP contribution in [0.2, 0.25) is 0 Å². The molecule has 98 valence electrons. The highest BCUT2D eigenvalue weighted by Gasteiger charge is 2.24. The van der Waals surface area contributed by atoms with E-state index in [1.165, 1.54) is 25.2 Å². The molecule has 0 aliphatic rings. The summed E-state index contributed by atoms with van der Waals surface area (Å²) in [6.45, 7) is 0. The first-order chi connectivity index (χ1) is 8.35. The number of anilines is 1. The Kier molecular flexibility index (Phi) is 2.97. The maximum atomic E-state index is 12.1. The molecule has 0 spiro atoms. The largest absolute Gasteiger partial charge is 0.312 e. The summed E-state index contributed by atoms with van der Waals surface area (Å²) in [5.41, 5.74) is 1.00. The van der Waals surface area contributed by atoms with Gasteiger partial charge in [-0.25, -0.2) is 23.2 Å². The molecule has 1 heterocycles. The van der Waals surface area contributed by atoms with Gasteiger partial charge in [-0.1, -0.05) is 0 Å². The van der Waals surface area contributed by atoms with Gasteiger partial charge in [0.05, 0.1) is 5.69 Å². The van der Waals surface area contributed by atoms with E-state index < -0.39 is 10.0 Å². The second kappa shape index (κ2) is 4.19. The third kappa shape index (κ3) is 1.82. The topological polar surface area (TPSA) is 106 Å². The molecule has 0 radical (unpaired) electrons. The van der Waals surface area contributed by atoms with E-state index in [-0.39, 0.29) is 10.4 Å². The van der Waals surface area contributed by atoms with Crippen LogP contribution in [-0.4, -0.2) is 44.2 Å². The van der Waals surface area contributed by atoms with Gasteiger partial charge in [0.2, 0.25) is 10.0 Å². The number of hydrogen-bond acceptors (Lipinski definition) is 7. The molecule has 9 heteroatoms. The minimum atomic E-state index is -3.60. The SMILES string of the molecule is CN(N)c1ccc(S(=O)(=O)N(C)C)c2nonc12. The summed E-state index contributed by atoms with van der Waals surface area (Å²) in [4.78, 5) is 0.0364. The number of nitrogens with zero attached hydrogens (tertiary/aromatic N) is 4. The van der Waals surface area contributed by atoms with Crippen LogP contribution in [-0.2, 0) is 10.0 Å². The van der Waals surface area contributed by atoms with Crippen LogP contribution in [0.15, 0.2) is 21.7 Å². The number of benzene rings is 1. The van der Waals surface area contributed by atoms with Gasteiger partial charge >= 0.3 is 0 Å². The summed E-state index contributed by atoms with van der Waals surface area (Å²) in [5.74, 6) is 5.62. The Morgan fingerprint density at radius 1 is 1.17 bits per heavy atom. The molecule has 2 N–H and O–H groups in total. The van der Waals surface area contributed by atoms with E-state index in [4.69, 9.17) is 5.84 Å². The van der Waals surface area contributed by atoms with E-state index in [0.717, 1.165) is 4.31 Å². The number of hydrogen-bond donors (Lipinski definition) is 1. The zero-order valence-corrected chi connectivity index (χ0v) is 11.0. The van der Waals surface area contributed by atoms with Crippen molar-refractivity contribution < 1.29 is 13.0 Å². The van der Waals surface area contributed by atoms with Crippen molar-refractivity contribution in [1.82, 2.24) is 14.6 Å². The highest BCUT2D eigenvalue weighted by molar-refractivity contribution is 7.89. The Labute approximate surface area is 104 Å². The predicted octanol–water partition coefficient (Wildman–Crippen LogP) is -0.217. The molecule has 0 aliphatic heterocycles. The fourth-order valence-electron chi connectivity index (χ4n) is 1.52. The van der Waals surface area contributed by atoms with Crippen molar-refractivity contribution >= 4 is 26.7 Å². The molecule has 0 atom stereocenters. The minimum Gasteiger partial charge on any atom is -0.312 e. The van der Waals surface area contributed by atoms with Gasteiger partial charge in [0.25, 0.3) is 0 Å². The zero-order chi connectivity index (χ0) is 13.5. The van der Waals surface area contributed by atoms with E-state index in [0.29, 0.717) is 11.2 Å². The first kappa shape index (κ1) is 12.7. The van der Waals surface area contributed by atoms with Crippen LogP contribution in [0.25, 0.3) is 11.0 Å². The van der Waals surface area contributed by atoms with Crippen LogP contribution in [0.5, 0.6) is 0 Å². The molecule has 0 unspecified atom stereocenters. The summed E-state index contributed by atoms with van der Waals surface area (Å²) in [6.07, 6.45) is 0. The highest BCUT2D eigenvalue weighted by Crippen LogP contribution is 2.28. The van der Waals surface area contributed by atoms with Gasteiger partial charge in [-0.2, -0.15) is 0 Å². The maximum Gasteiger partial charge on any atom is 0.244 e. The summed E-state index contributed by atoms with van der Waals surface area (Å²) >= 11 is 0. The summed E-state index contributed by atoms with van der Waals surface area (Å²) < 4.78 is 29.9. The molecule has 1 aromatic heterocycles. The summed E-state index contributed by atoms with van der Waals surface area (Å²) in [5, 5.41) is 8.64. The number of nitrogens with two attached hydrogens (primary N) is 1. The van der Waals surface area contributed by atoms with Crippen LogP contribution in [0.4, 0.5) is 5.69 Å². The highest BCUT2D eigenvalue weighted by atomic mass is 32.2. The quantitative estimate of drug-likeness (QED) is 0.607. The second-order valence-electron chi connectivity index (χ2n) is 3.94. The van der Waals surface area contributed by atoms with Gasteiger partial charge in [-0.15, -0.1) is 0 Å². The monoisotopic (exact) mass is 271 g/mol. The number of hydrazine groups is 1. The molecule has 18 heavy (non-hydrogen) atoms. The van der Waals surface area contributed by atoms with E-state index in [1.54, 1.807) is 13.1 Å². The lowest BCUT2D eigenvalue weighted by molar-refractivity contribution is 0.315. The van der Waals surface area contributed by atoms with Crippen molar-refractivity contribution in [2.75, 3.05) is 26.2 Å². The lowest BCUT2D eigenvalue weighted by atomic mass is 10.2. The van der Waals surface area contributed by atoms with Gasteiger partial charge in [0.15, 0.2) is 11.0 Å². The molecule has 2 rings (SSSR count).